The molecule has 1 saturated carbocycles. The van der Waals surface area contributed by atoms with Gasteiger partial charge in [0, 0.05) is 25.1 Å². The number of nitrogens with zero attached hydrogens (tertiary/aromatic N) is 2. The number of carbonyl (C=O) groups excluding carboxylic acids is 2. The maximum absolute atomic E-state index is 14.3. The largest absolute Gasteiger partial charge is 0.466 e. The molecule has 1 aromatic carbocycles. The Labute approximate surface area is 169 Å². The van der Waals surface area contributed by atoms with Crippen LogP contribution in [-0.2, 0) is 16.0 Å². The van der Waals surface area contributed by atoms with Crippen molar-refractivity contribution in [1.82, 2.24) is 10.1 Å². The Morgan fingerprint density at radius 1 is 1.34 bits per heavy atom. The number of carbonyl (C=O) groups is 2. The second-order valence-corrected chi connectivity index (χ2v) is 7.99. The van der Waals surface area contributed by atoms with Gasteiger partial charge in [-0.05, 0) is 50.7 Å². The first-order valence-corrected chi connectivity index (χ1v) is 10.2. The van der Waals surface area contributed by atoms with Gasteiger partial charge in [0.25, 0.3) is 5.91 Å². The van der Waals surface area contributed by atoms with Gasteiger partial charge in [0.15, 0.2) is 5.69 Å². The number of rotatable bonds is 6. The van der Waals surface area contributed by atoms with Crippen molar-refractivity contribution < 1.29 is 23.2 Å². The van der Waals surface area contributed by atoms with E-state index in [1.807, 2.05) is 0 Å². The summed E-state index contributed by atoms with van der Waals surface area (Å²) in [5, 5.41) is 3.94. The molecule has 2 fully saturated rings. The number of hydrogen-bond donors (Lipinski definition) is 0. The number of hydrogen-bond acceptors (Lipinski definition) is 5. The van der Waals surface area contributed by atoms with Gasteiger partial charge in [0.05, 0.1) is 12.0 Å². The summed E-state index contributed by atoms with van der Waals surface area (Å²) in [4.78, 5) is 27.6. The van der Waals surface area contributed by atoms with Crippen LogP contribution in [0, 0.1) is 11.2 Å². The first-order chi connectivity index (χ1) is 14.0. The smallest absolute Gasteiger partial charge is 0.314 e. The fourth-order valence-corrected chi connectivity index (χ4v) is 4.09. The number of halogens is 1. The van der Waals surface area contributed by atoms with Crippen LogP contribution in [0.2, 0.25) is 0 Å². The number of likely N-dealkylation sites (tertiary alicyclic amines) is 1. The molecule has 2 aliphatic rings. The predicted octanol–water partition coefficient (Wildman–Crippen LogP) is 3.72. The van der Waals surface area contributed by atoms with Gasteiger partial charge in [-0.15, -0.1) is 0 Å². The summed E-state index contributed by atoms with van der Waals surface area (Å²) in [5.41, 5.74) is -0.264. The minimum absolute atomic E-state index is 0.171. The summed E-state index contributed by atoms with van der Waals surface area (Å²) >= 11 is 0. The van der Waals surface area contributed by atoms with E-state index in [1.54, 1.807) is 36.1 Å². The summed E-state index contributed by atoms with van der Waals surface area (Å²) in [6.07, 6.45) is 3.47. The minimum atomic E-state index is -0.977. The summed E-state index contributed by atoms with van der Waals surface area (Å²) in [5.74, 6) is 0.103. The quantitative estimate of drug-likeness (QED) is 0.691. The highest BCUT2D eigenvalue weighted by atomic mass is 19.1. The lowest BCUT2D eigenvalue weighted by molar-refractivity contribution is -0.158. The van der Waals surface area contributed by atoms with E-state index in [2.05, 4.69) is 5.16 Å². The van der Waals surface area contributed by atoms with Crippen molar-refractivity contribution in [2.75, 3.05) is 19.7 Å². The van der Waals surface area contributed by atoms with E-state index in [0.717, 1.165) is 18.6 Å². The van der Waals surface area contributed by atoms with Gasteiger partial charge in [0.1, 0.15) is 11.6 Å². The molecule has 0 radical (unpaired) electrons. The second kappa shape index (κ2) is 7.97. The van der Waals surface area contributed by atoms with Crippen molar-refractivity contribution in [2.45, 2.75) is 44.9 Å². The molecule has 154 valence electrons. The van der Waals surface area contributed by atoms with Crippen LogP contribution in [-0.4, -0.2) is 41.6 Å². The standard InChI is InChI=1S/C22H25FN2O4/c1-2-28-21(27)22(13-16-6-3-4-7-17(16)23)10-5-11-25(14-22)20(26)18-12-19(29-24-18)15-8-9-15/h3-4,6-7,12,15H,2,5,8-11,13-14H2,1H3. The fourth-order valence-electron chi connectivity index (χ4n) is 4.09. The van der Waals surface area contributed by atoms with Gasteiger partial charge in [-0.2, -0.15) is 0 Å². The Morgan fingerprint density at radius 3 is 2.86 bits per heavy atom. The lowest BCUT2D eigenvalue weighted by Crippen LogP contribution is -2.51. The summed E-state index contributed by atoms with van der Waals surface area (Å²) in [6, 6.07) is 8.13. The van der Waals surface area contributed by atoms with Gasteiger partial charge < -0.3 is 14.2 Å². The van der Waals surface area contributed by atoms with Crippen molar-refractivity contribution >= 4 is 11.9 Å². The minimum Gasteiger partial charge on any atom is -0.466 e. The number of piperidine rings is 1. The Bertz CT molecular complexity index is 908. The number of ether oxygens (including phenoxy) is 1. The number of benzene rings is 1. The van der Waals surface area contributed by atoms with E-state index >= 15 is 0 Å². The molecule has 1 aliphatic heterocycles. The third-order valence-corrected chi connectivity index (χ3v) is 5.79. The van der Waals surface area contributed by atoms with Crippen LogP contribution in [0.3, 0.4) is 0 Å². The highest BCUT2D eigenvalue weighted by molar-refractivity contribution is 5.93. The van der Waals surface area contributed by atoms with Crippen LogP contribution < -0.4 is 0 Å². The van der Waals surface area contributed by atoms with Gasteiger partial charge in [0.2, 0.25) is 0 Å². The maximum Gasteiger partial charge on any atom is 0.314 e. The Morgan fingerprint density at radius 2 is 2.14 bits per heavy atom. The molecule has 1 aliphatic carbocycles. The summed E-state index contributed by atoms with van der Waals surface area (Å²) < 4.78 is 25.0. The van der Waals surface area contributed by atoms with Crippen LogP contribution in [0.15, 0.2) is 34.9 Å². The van der Waals surface area contributed by atoms with Crippen molar-refractivity contribution in [3.8, 4) is 0 Å². The zero-order chi connectivity index (χ0) is 20.4. The van der Waals surface area contributed by atoms with E-state index in [0.29, 0.717) is 30.9 Å². The molecule has 0 N–H and O–H groups in total. The molecule has 4 rings (SSSR count). The molecule has 0 bridgehead atoms. The van der Waals surface area contributed by atoms with E-state index in [9.17, 15) is 14.0 Å². The van der Waals surface area contributed by atoms with Crippen molar-refractivity contribution in [3.63, 3.8) is 0 Å². The van der Waals surface area contributed by atoms with Gasteiger partial charge in [-0.1, -0.05) is 23.4 Å². The maximum atomic E-state index is 14.3. The molecular weight excluding hydrogens is 375 g/mol. The molecule has 1 aromatic heterocycles. The lowest BCUT2D eigenvalue weighted by atomic mass is 9.75. The van der Waals surface area contributed by atoms with Gasteiger partial charge in [-0.25, -0.2) is 4.39 Å². The van der Waals surface area contributed by atoms with Gasteiger partial charge >= 0.3 is 5.97 Å². The monoisotopic (exact) mass is 400 g/mol. The van der Waals surface area contributed by atoms with Crippen molar-refractivity contribution in [3.05, 3.63) is 53.2 Å². The third kappa shape index (κ3) is 4.04. The van der Waals surface area contributed by atoms with Gasteiger partial charge in [-0.3, -0.25) is 9.59 Å². The third-order valence-electron chi connectivity index (χ3n) is 5.79. The molecule has 29 heavy (non-hydrogen) atoms. The van der Waals surface area contributed by atoms with Crippen LogP contribution in [0.4, 0.5) is 4.39 Å². The molecule has 1 unspecified atom stereocenters. The van der Waals surface area contributed by atoms with Crippen molar-refractivity contribution in [1.29, 1.82) is 0 Å². The second-order valence-electron chi connectivity index (χ2n) is 7.99. The van der Waals surface area contributed by atoms with Crippen LogP contribution in [0.5, 0.6) is 0 Å². The first kappa shape index (κ1) is 19.6. The number of amides is 1. The predicted molar refractivity (Wildman–Crippen MR) is 103 cm³/mol. The highest BCUT2D eigenvalue weighted by Crippen LogP contribution is 2.41. The number of aromatic nitrogens is 1. The zero-order valence-electron chi connectivity index (χ0n) is 16.5. The first-order valence-electron chi connectivity index (χ1n) is 10.2. The van der Waals surface area contributed by atoms with E-state index in [1.165, 1.54) is 6.07 Å². The van der Waals surface area contributed by atoms with Crippen LogP contribution in [0.1, 0.15) is 60.3 Å². The lowest BCUT2D eigenvalue weighted by Gasteiger charge is -2.40. The van der Waals surface area contributed by atoms with Crippen LogP contribution in [0.25, 0.3) is 0 Å². The molecule has 2 aromatic rings. The summed E-state index contributed by atoms with van der Waals surface area (Å²) in [6.45, 7) is 2.67. The molecular formula is C22H25FN2O4. The molecule has 6 nitrogen and oxygen atoms in total. The van der Waals surface area contributed by atoms with E-state index < -0.39 is 5.41 Å². The fraction of sp³-hybridized carbons (Fsp3) is 0.500. The molecule has 1 amide bonds. The summed E-state index contributed by atoms with van der Waals surface area (Å²) in [7, 11) is 0. The molecule has 2 heterocycles. The molecule has 1 atom stereocenters. The average molecular weight is 400 g/mol. The number of esters is 1. The average Bonchev–Trinajstić information content (AvgIpc) is 3.46. The SMILES string of the molecule is CCOC(=O)C1(Cc2ccccc2F)CCCN(C(=O)c2cc(C3CC3)on2)C1. The molecule has 0 spiro atoms. The Kier molecular flexibility index (Phi) is 5.39. The Hall–Kier alpha value is -2.70. The molecule has 7 heteroatoms. The van der Waals surface area contributed by atoms with E-state index in [-0.39, 0.29) is 43.0 Å². The highest BCUT2D eigenvalue weighted by Gasteiger charge is 2.45. The Balaban J connectivity index is 1.58. The normalized spacial score (nSPS) is 21.8. The zero-order valence-corrected chi connectivity index (χ0v) is 16.5. The van der Waals surface area contributed by atoms with Crippen LogP contribution >= 0.6 is 0 Å². The van der Waals surface area contributed by atoms with E-state index in [4.69, 9.17) is 9.26 Å². The topological polar surface area (TPSA) is 72.6 Å². The molecule has 1 saturated heterocycles. The van der Waals surface area contributed by atoms with Crippen molar-refractivity contribution in [2.24, 2.45) is 5.41 Å².